The monoisotopic (exact) mass is 124 g/mol. The zero-order valence-corrected chi connectivity index (χ0v) is 5.46. The lowest BCUT2D eigenvalue weighted by atomic mass is 10.4. The van der Waals surface area contributed by atoms with Crippen LogP contribution in [0.5, 0.6) is 0 Å². The molecule has 0 N–H and O–H groups in total. The van der Waals surface area contributed by atoms with E-state index in [1.807, 2.05) is 0 Å². The van der Waals surface area contributed by atoms with E-state index >= 15 is 0 Å². The maximum absolute atomic E-state index is 10.6. The van der Waals surface area contributed by atoms with Gasteiger partial charge < -0.3 is 5.21 Å². The molecule has 0 spiro atoms. The van der Waals surface area contributed by atoms with Gasteiger partial charge in [-0.2, -0.15) is 4.73 Å². The second kappa shape index (κ2) is 2.01. The molecule has 0 aliphatic heterocycles. The minimum atomic E-state index is 0.755. The van der Waals surface area contributed by atoms with Gasteiger partial charge in [-0.3, -0.25) is 0 Å². The van der Waals surface area contributed by atoms with Crippen molar-refractivity contribution in [2.45, 2.75) is 13.8 Å². The summed E-state index contributed by atoms with van der Waals surface area (Å²) < 4.78 is 0.762. The standard InChI is InChI=1S/C6H8N2O/c1-5-3-8(9)4-6(2)7-5/h3-4H,1-2H3. The van der Waals surface area contributed by atoms with E-state index in [-0.39, 0.29) is 0 Å². The molecule has 3 nitrogen and oxygen atoms in total. The summed E-state index contributed by atoms with van der Waals surface area (Å²) >= 11 is 0. The Morgan fingerprint density at radius 3 is 2.11 bits per heavy atom. The number of aromatic nitrogens is 2. The van der Waals surface area contributed by atoms with Crippen LogP contribution in [0.4, 0.5) is 0 Å². The third kappa shape index (κ3) is 1.38. The normalized spacial score (nSPS) is 9.56. The average Bonchev–Trinajstić information content (AvgIpc) is 1.59. The molecule has 0 aliphatic carbocycles. The Morgan fingerprint density at radius 1 is 1.33 bits per heavy atom. The van der Waals surface area contributed by atoms with Gasteiger partial charge in [0.25, 0.3) is 0 Å². The summed E-state index contributed by atoms with van der Waals surface area (Å²) in [5, 5.41) is 10.6. The maximum atomic E-state index is 10.6. The fraction of sp³-hybridized carbons (Fsp3) is 0.333. The van der Waals surface area contributed by atoms with Gasteiger partial charge in [0.2, 0.25) is 12.4 Å². The van der Waals surface area contributed by atoms with E-state index in [0.717, 1.165) is 16.1 Å². The van der Waals surface area contributed by atoms with Crippen molar-refractivity contribution in [3.8, 4) is 0 Å². The Hall–Kier alpha value is -1.12. The van der Waals surface area contributed by atoms with Crippen molar-refractivity contribution < 1.29 is 4.73 Å². The molecule has 3 heteroatoms. The van der Waals surface area contributed by atoms with Crippen molar-refractivity contribution in [3.05, 3.63) is 29.0 Å². The first-order valence-corrected chi connectivity index (χ1v) is 2.72. The summed E-state index contributed by atoms with van der Waals surface area (Å²) in [7, 11) is 0. The molecule has 0 unspecified atom stereocenters. The molecule has 0 amide bonds. The number of rotatable bonds is 0. The lowest BCUT2D eigenvalue weighted by Gasteiger charge is -1.96. The van der Waals surface area contributed by atoms with Crippen molar-refractivity contribution in [3.63, 3.8) is 0 Å². The van der Waals surface area contributed by atoms with Gasteiger partial charge in [0.1, 0.15) is 11.4 Å². The lowest BCUT2D eigenvalue weighted by molar-refractivity contribution is -0.606. The molecule has 0 bridgehead atoms. The Morgan fingerprint density at radius 2 is 1.78 bits per heavy atom. The van der Waals surface area contributed by atoms with E-state index in [1.54, 1.807) is 13.8 Å². The van der Waals surface area contributed by atoms with Gasteiger partial charge in [-0.05, 0) is 13.8 Å². The zero-order chi connectivity index (χ0) is 6.85. The fourth-order valence-corrected chi connectivity index (χ4v) is 0.741. The first-order chi connectivity index (χ1) is 4.18. The van der Waals surface area contributed by atoms with Crippen LogP contribution in [0.2, 0.25) is 0 Å². The molecule has 1 aromatic heterocycles. The molecular formula is C6H8N2O. The van der Waals surface area contributed by atoms with Crippen molar-refractivity contribution in [1.29, 1.82) is 0 Å². The minimum Gasteiger partial charge on any atom is -0.619 e. The van der Waals surface area contributed by atoms with E-state index in [1.165, 1.54) is 12.4 Å². The molecule has 0 aliphatic rings. The van der Waals surface area contributed by atoms with E-state index in [9.17, 15) is 5.21 Å². The number of nitrogens with zero attached hydrogens (tertiary/aromatic N) is 2. The second-order valence-corrected chi connectivity index (χ2v) is 2.01. The Labute approximate surface area is 53.6 Å². The minimum absolute atomic E-state index is 0.755. The Kier molecular flexibility index (Phi) is 1.34. The third-order valence-corrected chi connectivity index (χ3v) is 0.981. The van der Waals surface area contributed by atoms with E-state index in [2.05, 4.69) is 4.98 Å². The van der Waals surface area contributed by atoms with Crippen LogP contribution < -0.4 is 4.73 Å². The van der Waals surface area contributed by atoms with Crippen molar-refractivity contribution >= 4 is 0 Å². The van der Waals surface area contributed by atoms with E-state index < -0.39 is 0 Å². The van der Waals surface area contributed by atoms with Crippen LogP contribution in [-0.2, 0) is 0 Å². The van der Waals surface area contributed by atoms with E-state index in [4.69, 9.17) is 0 Å². The highest BCUT2D eigenvalue weighted by atomic mass is 16.5. The van der Waals surface area contributed by atoms with Gasteiger partial charge in [-0.1, -0.05) is 0 Å². The summed E-state index contributed by atoms with van der Waals surface area (Å²) in [4.78, 5) is 4.01. The number of aryl methyl sites for hydroxylation is 2. The molecule has 0 fully saturated rings. The van der Waals surface area contributed by atoms with Crippen LogP contribution >= 0.6 is 0 Å². The van der Waals surface area contributed by atoms with Gasteiger partial charge in [0.15, 0.2) is 0 Å². The molecule has 0 radical (unpaired) electrons. The predicted octanol–water partition coefficient (Wildman–Crippen LogP) is 0.332. The molecule has 0 aromatic carbocycles. The van der Waals surface area contributed by atoms with Gasteiger partial charge >= 0.3 is 0 Å². The van der Waals surface area contributed by atoms with Crippen molar-refractivity contribution in [2.24, 2.45) is 0 Å². The van der Waals surface area contributed by atoms with Gasteiger partial charge in [0.05, 0.1) is 0 Å². The van der Waals surface area contributed by atoms with Crippen LogP contribution in [0.15, 0.2) is 12.4 Å². The lowest BCUT2D eigenvalue weighted by Crippen LogP contribution is -2.26. The van der Waals surface area contributed by atoms with Gasteiger partial charge in [0, 0.05) is 0 Å². The van der Waals surface area contributed by atoms with Gasteiger partial charge in [-0.15, -0.1) is 0 Å². The smallest absolute Gasteiger partial charge is 0.201 e. The largest absolute Gasteiger partial charge is 0.619 e. The highest BCUT2D eigenvalue weighted by Gasteiger charge is 1.94. The zero-order valence-electron chi connectivity index (χ0n) is 5.46. The molecule has 0 saturated heterocycles. The van der Waals surface area contributed by atoms with Crippen LogP contribution in [0.25, 0.3) is 0 Å². The van der Waals surface area contributed by atoms with Gasteiger partial charge in [-0.25, -0.2) is 4.98 Å². The third-order valence-electron chi connectivity index (χ3n) is 0.981. The predicted molar refractivity (Wildman–Crippen MR) is 32.7 cm³/mol. The highest BCUT2D eigenvalue weighted by molar-refractivity contribution is 4.93. The molecule has 0 atom stereocenters. The molecule has 1 heterocycles. The van der Waals surface area contributed by atoms with Crippen LogP contribution in [0.3, 0.4) is 0 Å². The van der Waals surface area contributed by atoms with Crippen molar-refractivity contribution in [1.82, 2.24) is 4.98 Å². The fourth-order valence-electron chi connectivity index (χ4n) is 0.741. The summed E-state index contributed by atoms with van der Waals surface area (Å²) in [6, 6.07) is 0. The van der Waals surface area contributed by atoms with Crippen LogP contribution in [0, 0.1) is 19.1 Å². The first kappa shape index (κ1) is 6.01. The summed E-state index contributed by atoms with van der Waals surface area (Å²) in [6.45, 7) is 3.59. The molecular weight excluding hydrogens is 116 g/mol. The van der Waals surface area contributed by atoms with E-state index in [0.29, 0.717) is 0 Å². The maximum Gasteiger partial charge on any atom is 0.201 e. The Balaban J connectivity index is 3.17. The quantitative estimate of drug-likeness (QED) is 0.369. The second-order valence-electron chi connectivity index (χ2n) is 2.01. The topological polar surface area (TPSA) is 39.8 Å². The Bertz CT molecular complexity index is 172. The molecule has 48 valence electrons. The van der Waals surface area contributed by atoms with Crippen LogP contribution in [0.1, 0.15) is 11.4 Å². The number of hydrogen-bond acceptors (Lipinski definition) is 2. The average molecular weight is 124 g/mol. The number of hydrogen-bond donors (Lipinski definition) is 0. The first-order valence-electron chi connectivity index (χ1n) is 2.72. The van der Waals surface area contributed by atoms with Crippen LogP contribution in [-0.4, -0.2) is 4.98 Å². The molecule has 0 saturated carbocycles. The SMILES string of the molecule is Cc1c[n+]([O-])cc(C)n1. The highest BCUT2D eigenvalue weighted by Crippen LogP contribution is 1.88. The summed E-state index contributed by atoms with van der Waals surface area (Å²) in [6.07, 6.45) is 2.88. The van der Waals surface area contributed by atoms with Crippen molar-refractivity contribution in [2.75, 3.05) is 0 Å². The molecule has 1 aromatic rings. The molecule has 9 heavy (non-hydrogen) atoms. The molecule has 1 rings (SSSR count). The summed E-state index contributed by atoms with van der Waals surface area (Å²) in [5.74, 6) is 0. The summed E-state index contributed by atoms with van der Waals surface area (Å²) in [5.41, 5.74) is 1.51.